The number of benzene rings is 3. The molecule has 0 aliphatic heterocycles. The molecule has 0 unspecified atom stereocenters. The summed E-state index contributed by atoms with van der Waals surface area (Å²) in [6.07, 6.45) is 26.1. The molecule has 13 heteroatoms. The molecule has 4 aromatic rings. The maximum absolute atomic E-state index is 14.3. The predicted octanol–water partition coefficient (Wildman–Crippen LogP) is 17.3. The molecule has 1 heterocycles. The van der Waals surface area contributed by atoms with Crippen LogP contribution in [0.15, 0.2) is 63.1 Å². The first kappa shape index (κ1) is 50.2. The van der Waals surface area contributed by atoms with E-state index in [1.54, 1.807) is 30.3 Å². The number of carbonyl (C=O) groups is 1. The van der Waals surface area contributed by atoms with Gasteiger partial charge in [-0.2, -0.15) is 0 Å². The fraction of sp³-hybridized carbons (Fsp3) is 0.532. The largest absolute Gasteiger partial charge is 0.492 e. The Balaban J connectivity index is 1.44. The maximum Gasteiger partial charge on any atom is 0.287 e. The number of carbonyl (C=O) groups excluding carboxylic acids is 1. The highest BCUT2D eigenvalue weighted by molar-refractivity contribution is 7.99. The number of nitrogens with one attached hydrogen (secondary N) is 3. The molecular weight excluding hydrogens is 878 g/mol. The van der Waals surface area contributed by atoms with Crippen LogP contribution in [0, 0.1) is 0 Å². The summed E-state index contributed by atoms with van der Waals surface area (Å²) >= 11 is 33.9. The first-order valence-corrected chi connectivity index (χ1v) is 24.8. The van der Waals surface area contributed by atoms with Crippen molar-refractivity contribution in [2.75, 3.05) is 17.2 Å². The second kappa shape index (κ2) is 28.3. The SMILES string of the molecule is CCCCCCCCCCCCCC(=O)Nc1ccc(Cl)c(Nc2[nH]n(-c3c(Cl)cc(Cl)cc3Cl)c(=O)c2Sc2cc(Cl)ccc2OCCCCCCCCCCCC)c1. The van der Waals surface area contributed by atoms with E-state index < -0.39 is 5.56 Å². The second-order valence-electron chi connectivity index (χ2n) is 15.6. The minimum Gasteiger partial charge on any atom is -0.492 e. The Hall–Kier alpha value is -2.46. The van der Waals surface area contributed by atoms with Crippen molar-refractivity contribution in [2.24, 2.45) is 0 Å². The number of ether oxygens (including phenoxy) is 1. The monoisotopic (exact) mass is 938 g/mol. The zero-order chi connectivity index (χ0) is 43.1. The average molecular weight is 941 g/mol. The Labute approximate surface area is 387 Å². The summed E-state index contributed by atoms with van der Waals surface area (Å²) in [5.74, 6) is 0.869. The summed E-state index contributed by atoms with van der Waals surface area (Å²) in [6, 6.07) is 13.6. The Morgan fingerprint density at radius 1 is 0.650 bits per heavy atom. The Bertz CT molecular complexity index is 1950. The zero-order valence-electron chi connectivity index (χ0n) is 35.4. The normalized spacial score (nSPS) is 11.3. The number of H-pyrrole nitrogens is 1. The van der Waals surface area contributed by atoms with Crippen LogP contribution >= 0.6 is 69.8 Å². The van der Waals surface area contributed by atoms with Gasteiger partial charge in [-0.1, -0.05) is 206 Å². The van der Waals surface area contributed by atoms with Gasteiger partial charge in [0, 0.05) is 22.2 Å². The molecule has 0 radical (unpaired) electrons. The van der Waals surface area contributed by atoms with Crippen molar-refractivity contribution in [3.8, 4) is 11.4 Å². The van der Waals surface area contributed by atoms with Crippen LogP contribution < -0.4 is 20.9 Å². The molecule has 3 aromatic carbocycles. The Kier molecular flexibility index (Phi) is 23.6. The minimum absolute atomic E-state index is 0.0617. The summed E-state index contributed by atoms with van der Waals surface area (Å²) in [6.45, 7) is 5.03. The van der Waals surface area contributed by atoms with E-state index >= 15 is 0 Å². The van der Waals surface area contributed by atoms with E-state index in [2.05, 4.69) is 29.6 Å². The molecule has 0 saturated heterocycles. The van der Waals surface area contributed by atoms with Crippen molar-refractivity contribution in [1.29, 1.82) is 0 Å². The number of anilines is 3. The van der Waals surface area contributed by atoms with Gasteiger partial charge in [0.15, 0.2) is 0 Å². The standard InChI is InChI=1S/C47H63Cl5N4O3S/c1-3-5-7-9-11-13-15-16-18-20-22-24-43(57)53-36-26-27-37(50)40(33-36)54-46-45(47(58)56(55-46)44-38(51)30-35(49)31-39(44)52)60-42-32-34(48)25-28-41(42)59-29-23-21-19-17-14-12-10-8-6-4-2/h25-28,30-33,54-55H,3-24,29H2,1-2H3,(H,53,57). The van der Waals surface area contributed by atoms with Gasteiger partial charge in [-0.25, -0.2) is 4.68 Å². The van der Waals surface area contributed by atoms with Crippen LogP contribution in [0.25, 0.3) is 5.69 Å². The number of aromatic nitrogens is 2. The third-order valence-corrected chi connectivity index (χ3v) is 12.9. The van der Waals surface area contributed by atoms with Crippen molar-refractivity contribution in [3.05, 3.63) is 84.0 Å². The number of hydrogen-bond donors (Lipinski definition) is 3. The van der Waals surface area contributed by atoms with Crippen LogP contribution in [0.5, 0.6) is 5.75 Å². The van der Waals surface area contributed by atoms with Crippen LogP contribution in [0.3, 0.4) is 0 Å². The highest BCUT2D eigenvalue weighted by atomic mass is 35.5. The molecule has 0 bridgehead atoms. The lowest BCUT2D eigenvalue weighted by atomic mass is 10.1. The molecule has 0 aliphatic carbocycles. The van der Waals surface area contributed by atoms with Gasteiger partial charge in [-0.05, 0) is 61.4 Å². The highest BCUT2D eigenvalue weighted by Crippen LogP contribution is 2.41. The lowest BCUT2D eigenvalue weighted by Crippen LogP contribution is -2.16. The highest BCUT2D eigenvalue weighted by Gasteiger charge is 2.23. The van der Waals surface area contributed by atoms with Crippen molar-refractivity contribution in [2.45, 2.75) is 165 Å². The number of amides is 1. The van der Waals surface area contributed by atoms with Gasteiger partial charge in [0.2, 0.25) is 5.91 Å². The van der Waals surface area contributed by atoms with Crippen LogP contribution in [0.1, 0.15) is 155 Å². The topological polar surface area (TPSA) is 88.2 Å². The molecule has 330 valence electrons. The van der Waals surface area contributed by atoms with Gasteiger partial charge in [0.25, 0.3) is 5.56 Å². The summed E-state index contributed by atoms with van der Waals surface area (Å²) in [4.78, 5) is 28.2. The van der Waals surface area contributed by atoms with E-state index in [1.807, 2.05) is 6.07 Å². The quantitative estimate of drug-likeness (QED) is 0.0453. The van der Waals surface area contributed by atoms with E-state index in [0.29, 0.717) is 55.9 Å². The van der Waals surface area contributed by atoms with Crippen LogP contribution in [-0.2, 0) is 4.79 Å². The predicted molar refractivity (Wildman–Crippen MR) is 259 cm³/mol. The number of aromatic amines is 1. The summed E-state index contributed by atoms with van der Waals surface area (Å²) in [5.41, 5.74) is 0.853. The third kappa shape index (κ3) is 17.4. The molecule has 0 saturated carbocycles. The first-order chi connectivity index (χ1) is 29.1. The number of rotatable bonds is 30. The molecule has 7 nitrogen and oxygen atoms in total. The van der Waals surface area contributed by atoms with Crippen molar-refractivity contribution in [1.82, 2.24) is 9.78 Å². The van der Waals surface area contributed by atoms with E-state index in [9.17, 15) is 9.59 Å². The van der Waals surface area contributed by atoms with Crippen molar-refractivity contribution in [3.63, 3.8) is 0 Å². The summed E-state index contributed by atoms with van der Waals surface area (Å²) < 4.78 is 7.56. The number of nitrogens with zero attached hydrogens (tertiary/aromatic N) is 1. The summed E-state index contributed by atoms with van der Waals surface area (Å²) in [5, 5.41) is 11.0. The second-order valence-corrected chi connectivity index (χ2v) is 18.7. The van der Waals surface area contributed by atoms with E-state index in [0.717, 1.165) is 32.1 Å². The Morgan fingerprint density at radius 2 is 1.20 bits per heavy atom. The zero-order valence-corrected chi connectivity index (χ0v) is 39.9. The van der Waals surface area contributed by atoms with E-state index in [-0.39, 0.29) is 26.5 Å². The van der Waals surface area contributed by atoms with Crippen LogP contribution in [0.2, 0.25) is 25.1 Å². The average Bonchev–Trinajstić information content (AvgIpc) is 3.50. The molecule has 60 heavy (non-hydrogen) atoms. The van der Waals surface area contributed by atoms with Gasteiger partial charge in [-0.3, -0.25) is 14.7 Å². The van der Waals surface area contributed by atoms with Crippen LogP contribution in [0.4, 0.5) is 17.2 Å². The Morgan fingerprint density at radius 3 is 1.78 bits per heavy atom. The fourth-order valence-corrected chi connectivity index (χ4v) is 9.47. The van der Waals surface area contributed by atoms with E-state index in [4.69, 9.17) is 62.7 Å². The van der Waals surface area contributed by atoms with Crippen LogP contribution in [-0.4, -0.2) is 22.3 Å². The molecule has 0 fully saturated rings. The minimum atomic E-state index is -0.429. The first-order valence-electron chi connectivity index (χ1n) is 22.1. The summed E-state index contributed by atoms with van der Waals surface area (Å²) in [7, 11) is 0. The number of halogens is 5. The van der Waals surface area contributed by atoms with Crippen molar-refractivity contribution >= 4 is 92.9 Å². The molecule has 1 aromatic heterocycles. The van der Waals surface area contributed by atoms with Gasteiger partial charge in [-0.15, -0.1) is 0 Å². The number of unbranched alkanes of at least 4 members (excludes halogenated alkanes) is 19. The molecule has 4 rings (SSSR count). The van der Waals surface area contributed by atoms with Gasteiger partial charge in [0.1, 0.15) is 22.2 Å². The smallest absolute Gasteiger partial charge is 0.287 e. The molecular formula is C47H63Cl5N4O3S. The fourth-order valence-electron chi connectivity index (χ4n) is 7.08. The molecule has 3 N–H and O–H groups in total. The molecule has 0 aliphatic rings. The van der Waals surface area contributed by atoms with Gasteiger partial charge < -0.3 is 15.4 Å². The van der Waals surface area contributed by atoms with Gasteiger partial charge in [0.05, 0.1) is 32.3 Å². The third-order valence-electron chi connectivity index (χ3n) is 10.4. The van der Waals surface area contributed by atoms with E-state index in [1.165, 1.54) is 131 Å². The molecule has 1 amide bonds. The number of hydrogen-bond acceptors (Lipinski definition) is 5. The lowest BCUT2D eigenvalue weighted by Gasteiger charge is -2.13. The van der Waals surface area contributed by atoms with Crippen molar-refractivity contribution < 1.29 is 9.53 Å². The molecule has 0 atom stereocenters. The molecule has 0 spiro atoms. The van der Waals surface area contributed by atoms with Gasteiger partial charge >= 0.3 is 0 Å². The lowest BCUT2D eigenvalue weighted by molar-refractivity contribution is -0.116. The maximum atomic E-state index is 14.3.